The van der Waals surface area contributed by atoms with Gasteiger partial charge in [-0.3, -0.25) is 4.68 Å². The van der Waals surface area contributed by atoms with E-state index in [0.717, 1.165) is 17.9 Å². The van der Waals surface area contributed by atoms with Crippen molar-refractivity contribution in [2.24, 2.45) is 0 Å². The van der Waals surface area contributed by atoms with Gasteiger partial charge in [0.1, 0.15) is 6.54 Å². The van der Waals surface area contributed by atoms with E-state index in [4.69, 9.17) is 4.52 Å². The minimum atomic E-state index is 0.525. The molecule has 0 aromatic carbocycles. The highest BCUT2D eigenvalue weighted by Crippen LogP contribution is 2.13. The summed E-state index contributed by atoms with van der Waals surface area (Å²) in [7, 11) is 1.93. The van der Waals surface area contributed by atoms with Crippen LogP contribution in [0.5, 0.6) is 0 Å². The molecule has 0 fully saturated rings. The van der Waals surface area contributed by atoms with Gasteiger partial charge in [-0.05, 0) is 27.8 Å². The largest absolute Gasteiger partial charge is 0.337 e. The summed E-state index contributed by atoms with van der Waals surface area (Å²) in [4.78, 5) is 4.18. The van der Waals surface area contributed by atoms with Crippen LogP contribution in [0.2, 0.25) is 0 Å². The van der Waals surface area contributed by atoms with E-state index >= 15 is 0 Å². The second-order valence-electron chi connectivity index (χ2n) is 4.07. The Hall–Kier alpha value is -1.69. The zero-order chi connectivity index (χ0) is 12.4. The Bertz CT molecular complexity index is 514. The molecule has 2 heterocycles. The van der Waals surface area contributed by atoms with Gasteiger partial charge >= 0.3 is 0 Å². The average molecular weight is 235 g/mol. The Morgan fingerprint density at radius 2 is 2.06 bits per heavy atom. The predicted molar refractivity (Wildman–Crippen MR) is 62.6 cm³/mol. The molecule has 0 bridgehead atoms. The third-order valence-corrected chi connectivity index (χ3v) is 2.74. The van der Waals surface area contributed by atoms with Gasteiger partial charge in [-0.1, -0.05) is 5.16 Å². The normalized spacial score (nSPS) is 11.1. The molecule has 0 aliphatic carbocycles. The molecule has 0 aliphatic heterocycles. The molecule has 92 valence electrons. The SMILES string of the molecule is CNCc1c(C)nn(Cc2nc(C)no2)c1C. The van der Waals surface area contributed by atoms with Crippen molar-refractivity contribution in [1.29, 1.82) is 0 Å². The van der Waals surface area contributed by atoms with E-state index < -0.39 is 0 Å². The molecule has 6 heteroatoms. The van der Waals surface area contributed by atoms with Crippen LogP contribution in [-0.4, -0.2) is 27.0 Å². The lowest BCUT2D eigenvalue weighted by molar-refractivity contribution is 0.361. The molecule has 2 rings (SSSR count). The lowest BCUT2D eigenvalue weighted by Crippen LogP contribution is -2.08. The van der Waals surface area contributed by atoms with Gasteiger partial charge in [0.25, 0.3) is 0 Å². The van der Waals surface area contributed by atoms with E-state index in [0.29, 0.717) is 18.3 Å². The maximum absolute atomic E-state index is 5.09. The van der Waals surface area contributed by atoms with Crippen molar-refractivity contribution in [1.82, 2.24) is 25.2 Å². The second kappa shape index (κ2) is 4.67. The quantitative estimate of drug-likeness (QED) is 0.854. The Morgan fingerprint density at radius 1 is 1.29 bits per heavy atom. The zero-order valence-corrected chi connectivity index (χ0v) is 10.6. The van der Waals surface area contributed by atoms with Crippen molar-refractivity contribution in [2.45, 2.75) is 33.9 Å². The van der Waals surface area contributed by atoms with Crippen molar-refractivity contribution in [2.75, 3.05) is 7.05 Å². The summed E-state index contributed by atoms with van der Waals surface area (Å²) in [5.74, 6) is 1.24. The van der Waals surface area contributed by atoms with Gasteiger partial charge in [0, 0.05) is 17.8 Å². The van der Waals surface area contributed by atoms with Crippen molar-refractivity contribution in [3.63, 3.8) is 0 Å². The summed E-state index contributed by atoms with van der Waals surface area (Å²) in [6.45, 7) is 7.21. The van der Waals surface area contributed by atoms with Crippen LogP contribution in [0.15, 0.2) is 4.52 Å². The Morgan fingerprint density at radius 3 is 2.65 bits per heavy atom. The first-order valence-electron chi connectivity index (χ1n) is 5.58. The van der Waals surface area contributed by atoms with Gasteiger partial charge in [0.05, 0.1) is 5.69 Å². The lowest BCUT2D eigenvalue weighted by atomic mass is 10.2. The van der Waals surface area contributed by atoms with E-state index in [1.54, 1.807) is 6.92 Å². The minimum Gasteiger partial charge on any atom is -0.337 e. The van der Waals surface area contributed by atoms with Crippen LogP contribution in [0.3, 0.4) is 0 Å². The van der Waals surface area contributed by atoms with Gasteiger partial charge < -0.3 is 9.84 Å². The molecule has 0 atom stereocenters. The van der Waals surface area contributed by atoms with Gasteiger partial charge in [-0.25, -0.2) is 0 Å². The monoisotopic (exact) mass is 235 g/mol. The molecule has 0 amide bonds. The number of rotatable bonds is 4. The molecule has 0 unspecified atom stereocenters. The van der Waals surface area contributed by atoms with Gasteiger partial charge in [0.2, 0.25) is 5.89 Å². The molecule has 1 N–H and O–H groups in total. The molecule has 0 spiro atoms. The van der Waals surface area contributed by atoms with Crippen molar-refractivity contribution < 1.29 is 4.52 Å². The minimum absolute atomic E-state index is 0.525. The smallest absolute Gasteiger partial charge is 0.248 e. The van der Waals surface area contributed by atoms with Crippen LogP contribution in [-0.2, 0) is 13.1 Å². The number of nitrogens with one attached hydrogen (secondary N) is 1. The first kappa shape index (κ1) is 11.8. The van der Waals surface area contributed by atoms with E-state index in [-0.39, 0.29) is 0 Å². The fourth-order valence-electron chi connectivity index (χ4n) is 1.85. The maximum atomic E-state index is 5.09. The van der Waals surface area contributed by atoms with Crippen molar-refractivity contribution >= 4 is 0 Å². The number of hydrogen-bond acceptors (Lipinski definition) is 5. The standard InChI is InChI=1S/C11H17N5O/c1-7-10(5-12-4)8(2)16(14-7)6-11-13-9(3)15-17-11/h12H,5-6H2,1-4H3. The number of nitrogens with zero attached hydrogens (tertiary/aromatic N) is 4. The van der Waals surface area contributed by atoms with Crippen molar-refractivity contribution in [3.05, 3.63) is 28.7 Å². The molecule has 2 aromatic rings. The molecule has 0 aliphatic rings. The summed E-state index contributed by atoms with van der Waals surface area (Å²) in [5.41, 5.74) is 3.39. The zero-order valence-electron chi connectivity index (χ0n) is 10.6. The number of aryl methyl sites for hydroxylation is 2. The maximum Gasteiger partial charge on any atom is 0.248 e. The summed E-state index contributed by atoms with van der Waals surface area (Å²) < 4.78 is 6.99. The lowest BCUT2D eigenvalue weighted by Gasteiger charge is -2.02. The summed E-state index contributed by atoms with van der Waals surface area (Å²) >= 11 is 0. The summed E-state index contributed by atoms with van der Waals surface area (Å²) in [5, 5.41) is 11.4. The molecule has 17 heavy (non-hydrogen) atoms. The van der Waals surface area contributed by atoms with Crippen LogP contribution in [0.1, 0.15) is 28.7 Å². The van der Waals surface area contributed by atoms with E-state index in [2.05, 4.69) is 27.5 Å². The molecule has 6 nitrogen and oxygen atoms in total. The number of hydrogen-bond donors (Lipinski definition) is 1. The van der Waals surface area contributed by atoms with E-state index in [1.807, 2.05) is 18.7 Å². The molecule has 0 radical (unpaired) electrons. The van der Waals surface area contributed by atoms with E-state index in [9.17, 15) is 0 Å². The highest BCUT2D eigenvalue weighted by atomic mass is 16.5. The van der Waals surface area contributed by atoms with Gasteiger partial charge in [0.15, 0.2) is 5.82 Å². The highest BCUT2D eigenvalue weighted by Gasteiger charge is 2.13. The highest BCUT2D eigenvalue weighted by molar-refractivity contribution is 5.24. The molecular weight excluding hydrogens is 218 g/mol. The van der Waals surface area contributed by atoms with Crippen LogP contribution < -0.4 is 5.32 Å². The van der Waals surface area contributed by atoms with Crippen LogP contribution in [0, 0.1) is 20.8 Å². The van der Waals surface area contributed by atoms with Crippen LogP contribution >= 0.6 is 0 Å². The summed E-state index contributed by atoms with van der Waals surface area (Å²) in [6, 6.07) is 0. The van der Waals surface area contributed by atoms with Crippen LogP contribution in [0.4, 0.5) is 0 Å². The molecule has 0 saturated heterocycles. The number of aromatic nitrogens is 4. The molecule has 0 saturated carbocycles. The average Bonchev–Trinajstić information content (AvgIpc) is 2.79. The van der Waals surface area contributed by atoms with Crippen molar-refractivity contribution in [3.8, 4) is 0 Å². The third kappa shape index (κ3) is 2.36. The Kier molecular flexibility index (Phi) is 3.23. The fourth-order valence-corrected chi connectivity index (χ4v) is 1.85. The topological polar surface area (TPSA) is 68.8 Å². The molecular formula is C11H17N5O. The van der Waals surface area contributed by atoms with E-state index in [1.165, 1.54) is 5.56 Å². The Balaban J connectivity index is 2.24. The predicted octanol–water partition coefficient (Wildman–Crippen LogP) is 0.959. The van der Waals surface area contributed by atoms with Gasteiger partial charge in [-0.2, -0.15) is 10.1 Å². The fraction of sp³-hybridized carbons (Fsp3) is 0.545. The summed E-state index contributed by atoms with van der Waals surface area (Å²) in [6.07, 6.45) is 0. The second-order valence-corrected chi connectivity index (χ2v) is 4.07. The first-order chi connectivity index (χ1) is 8.11. The van der Waals surface area contributed by atoms with Gasteiger partial charge in [-0.15, -0.1) is 0 Å². The van der Waals surface area contributed by atoms with Crippen LogP contribution in [0.25, 0.3) is 0 Å². The first-order valence-corrected chi connectivity index (χ1v) is 5.58. The molecule has 2 aromatic heterocycles. The Labute approximate surface area is 100 Å². The third-order valence-electron chi connectivity index (χ3n) is 2.74.